The second kappa shape index (κ2) is 6.76. The van der Waals surface area contributed by atoms with Gasteiger partial charge >= 0.3 is 0 Å². The molecule has 0 saturated heterocycles. The van der Waals surface area contributed by atoms with E-state index in [0.717, 1.165) is 5.56 Å². The van der Waals surface area contributed by atoms with Gasteiger partial charge in [-0.05, 0) is 42.3 Å². The van der Waals surface area contributed by atoms with Crippen molar-refractivity contribution in [3.05, 3.63) is 46.0 Å². The maximum atomic E-state index is 11.8. The van der Waals surface area contributed by atoms with E-state index in [-0.39, 0.29) is 24.9 Å². The van der Waals surface area contributed by atoms with Crippen LogP contribution in [0.4, 0.5) is 0 Å². The van der Waals surface area contributed by atoms with Gasteiger partial charge in [0.05, 0.1) is 24.9 Å². The molecule has 0 aliphatic heterocycles. The SMILES string of the molecule is Cc1occc1C(=O)NCC(=O)NCC(C)(O)c1ccsc1. The maximum absolute atomic E-state index is 11.8. The normalized spacial score (nSPS) is 13.4. The van der Waals surface area contributed by atoms with E-state index in [1.807, 2.05) is 10.8 Å². The zero-order chi connectivity index (χ0) is 16.2. The standard InChI is InChI=1S/C15H18N2O4S/c1-10-12(3-5-21-10)14(19)16-7-13(18)17-9-15(2,20)11-4-6-22-8-11/h3-6,8,20H,7,9H2,1-2H3,(H,16,19)(H,17,18). The van der Waals surface area contributed by atoms with E-state index in [1.165, 1.54) is 17.6 Å². The first-order valence-electron chi connectivity index (χ1n) is 6.74. The molecule has 0 radical (unpaired) electrons. The van der Waals surface area contributed by atoms with Crippen LogP contribution in [0.2, 0.25) is 0 Å². The highest BCUT2D eigenvalue weighted by atomic mass is 32.1. The quantitative estimate of drug-likeness (QED) is 0.750. The molecule has 0 spiro atoms. The fraction of sp³-hybridized carbons (Fsp3) is 0.333. The molecule has 7 heteroatoms. The predicted molar refractivity (Wildman–Crippen MR) is 82.7 cm³/mol. The Balaban J connectivity index is 1.79. The summed E-state index contributed by atoms with van der Waals surface area (Å²) in [5.41, 5.74) is 0.00907. The summed E-state index contributed by atoms with van der Waals surface area (Å²) in [4.78, 5) is 23.6. The number of thiophene rings is 1. The average Bonchev–Trinajstić information content (AvgIpc) is 3.14. The van der Waals surface area contributed by atoms with Gasteiger partial charge in [0, 0.05) is 0 Å². The lowest BCUT2D eigenvalue weighted by atomic mass is 9.99. The number of carbonyl (C=O) groups is 2. The van der Waals surface area contributed by atoms with Crippen LogP contribution in [0, 0.1) is 6.92 Å². The molecule has 3 N–H and O–H groups in total. The lowest BCUT2D eigenvalue weighted by molar-refractivity contribution is -0.121. The summed E-state index contributed by atoms with van der Waals surface area (Å²) in [6.07, 6.45) is 1.42. The molecule has 2 aromatic rings. The van der Waals surface area contributed by atoms with Gasteiger partial charge in [0.1, 0.15) is 11.4 Å². The van der Waals surface area contributed by atoms with Gasteiger partial charge < -0.3 is 20.2 Å². The van der Waals surface area contributed by atoms with E-state index in [4.69, 9.17) is 4.42 Å². The number of nitrogens with one attached hydrogen (secondary N) is 2. The van der Waals surface area contributed by atoms with E-state index in [9.17, 15) is 14.7 Å². The predicted octanol–water partition coefficient (Wildman–Crippen LogP) is 1.40. The van der Waals surface area contributed by atoms with Gasteiger partial charge in [-0.2, -0.15) is 11.3 Å². The largest absolute Gasteiger partial charge is 0.469 e. The van der Waals surface area contributed by atoms with Crippen LogP contribution in [0.25, 0.3) is 0 Å². The Morgan fingerprint density at radius 2 is 2.14 bits per heavy atom. The summed E-state index contributed by atoms with van der Waals surface area (Å²) >= 11 is 1.48. The first-order chi connectivity index (χ1) is 10.4. The van der Waals surface area contributed by atoms with Crippen LogP contribution in [0.15, 0.2) is 33.6 Å². The van der Waals surface area contributed by atoms with E-state index in [1.54, 1.807) is 26.0 Å². The van der Waals surface area contributed by atoms with Crippen molar-refractivity contribution in [2.75, 3.05) is 13.1 Å². The molecule has 0 saturated carbocycles. The van der Waals surface area contributed by atoms with Crippen LogP contribution in [0.3, 0.4) is 0 Å². The minimum absolute atomic E-state index is 0.0726. The van der Waals surface area contributed by atoms with E-state index < -0.39 is 5.60 Å². The van der Waals surface area contributed by atoms with E-state index in [0.29, 0.717) is 11.3 Å². The number of hydrogen-bond acceptors (Lipinski definition) is 5. The fourth-order valence-corrected chi connectivity index (χ4v) is 2.67. The summed E-state index contributed by atoms with van der Waals surface area (Å²) in [6.45, 7) is 3.21. The molecule has 2 aromatic heterocycles. The average molecular weight is 322 g/mol. The van der Waals surface area contributed by atoms with E-state index in [2.05, 4.69) is 10.6 Å². The van der Waals surface area contributed by atoms with Gasteiger partial charge in [0.15, 0.2) is 0 Å². The van der Waals surface area contributed by atoms with Crippen molar-refractivity contribution in [2.24, 2.45) is 0 Å². The Morgan fingerprint density at radius 1 is 1.36 bits per heavy atom. The number of carbonyl (C=O) groups excluding carboxylic acids is 2. The van der Waals surface area contributed by atoms with Crippen LogP contribution in [0.5, 0.6) is 0 Å². The van der Waals surface area contributed by atoms with Crippen molar-refractivity contribution in [1.82, 2.24) is 10.6 Å². The summed E-state index contributed by atoms with van der Waals surface area (Å²) in [6, 6.07) is 3.35. The van der Waals surface area contributed by atoms with Crippen LogP contribution < -0.4 is 10.6 Å². The zero-order valence-corrected chi connectivity index (χ0v) is 13.2. The lowest BCUT2D eigenvalue weighted by Crippen LogP contribution is -2.43. The molecule has 0 aliphatic rings. The van der Waals surface area contributed by atoms with Gasteiger partial charge in [0.2, 0.25) is 5.91 Å². The van der Waals surface area contributed by atoms with Crippen LogP contribution in [0.1, 0.15) is 28.6 Å². The maximum Gasteiger partial charge on any atom is 0.255 e. The van der Waals surface area contributed by atoms with Gasteiger partial charge in [-0.1, -0.05) is 0 Å². The Hall–Kier alpha value is -2.12. The van der Waals surface area contributed by atoms with Crippen molar-refractivity contribution in [3.63, 3.8) is 0 Å². The Kier molecular flexibility index (Phi) is 4.99. The first kappa shape index (κ1) is 16.3. The second-order valence-electron chi connectivity index (χ2n) is 5.14. The molecule has 1 atom stereocenters. The van der Waals surface area contributed by atoms with Crippen LogP contribution in [-0.4, -0.2) is 30.0 Å². The smallest absolute Gasteiger partial charge is 0.255 e. The molecule has 2 rings (SSSR count). The van der Waals surface area contributed by atoms with Crippen molar-refractivity contribution in [1.29, 1.82) is 0 Å². The summed E-state index contributed by atoms with van der Waals surface area (Å²) < 4.78 is 5.03. The monoisotopic (exact) mass is 322 g/mol. The molecule has 1 unspecified atom stereocenters. The molecule has 0 fully saturated rings. The molecule has 0 bridgehead atoms. The van der Waals surface area contributed by atoms with Crippen molar-refractivity contribution >= 4 is 23.2 Å². The van der Waals surface area contributed by atoms with Crippen molar-refractivity contribution < 1.29 is 19.1 Å². The number of amides is 2. The Labute approximate surface area is 132 Å². The minimum Gasteiger partial charge on any atom is -0.469 e. The molecule has 118 valence electrons. The molecular weight excluding hydrogens is 304 g/mol. The minimum atomic E-state index is -1.14. The van der Waals surface area contributed by atoms with Gasteiger partial charge in [0.25, 0.3) is 5.91 Å². The highest BCUT2D eigenvalue weighted by molar-refractivity contribution is 7.08. The van der Waals surface area contributed by atoms with Crippen LogP contribution in [-0.2, 0) is 10.4 Å². The van der Waals surface area contributed by atoms with Crippen molar-refractivity contribution in [3.8, 4) is 0 Å². The third kappa shape index (κ3) is 3.96. The van der Waals surface area contributed by atoms with Gasteiger partial charge in [-0.3, -0.25) is 9.59 Å². The highest BCUT2D eigenvalue weighted by Gasteiger charge is 2.24. The molecule has 0 aliphatic carbocycles. The van der Waals surface area contributed by atoms with E-state index >= 15 is 0 Å². The zero-order valence-electron chi connectivity index (χ0n) is 12.4. The molecular formula is C15H18N2O4S. The number of aryl methyl sites for hydroxylation is 1. The summed E-state index contributed by atoms with van der Waals surface area (Å²) in [5.74, 6) is -0.241. The molecule has 2 amide bonds. The molecule has 22 heavy (non-hydrogen) atoms. The van der Waals surface area contributed by atoms with Gasteiger partial charge in [-0.15, -0.1) is 0 Å². The second-order valence-corrected chi connectivity index (χ2v) is 5.92. The van der Waals surface area contributed by atoms with Crippen molar-refractivity contribution in [2.45, 2.75) is 19.4 Å². The summed E-state index contributed by atoms with van der Waals surface area (Å²) in [5, 5.41) is 19.1. The lowest BCUT2D eigenvalue weighted by Gasteiger charge is -2.22. The highest BCUT2D eigenvalue weighted by Crippen LogP contribution is 2.21. The number of hydrogen-bond donors (Lipinski definition) is 3. The number of aliphatic hydroxyl groups is 1. The van der Waals surface area contributed by atoms with Crippen LogP contribution >= 0.6 is 11.3 Å². The fourth-order valence-electron chi connectivity index (χ4n) is 1.88. The first-order valence-corrected chi connectivity index (χ1v) is 7.68. The van der Waals surface area contributed by atoms with Gasteiger partial charge in [-0.25, -0.2) is 0 Å². The molecule has 6 nitrogen and oxygen atoms in total. The number of furan rings is 1. The number of rotatable bonds is 6. The third-order valence-electron chi connectivity index (χ3n) is 3.29. The third-order valence-corrected chi connectivity index (χ3v) is 3.97. The molecule has 2 heterocycles. The topological polar surface area (TPSA) is 91.6 Å². The Bertz CT molecular complexity index is 646. The molecule has 0 aromatic carbocycles. The Morgan fingerprint density at radius 3 is 2.73 bits per heavy atom. The summed E-state index contributed by atoms with van der Waals surface area (Å²) in [7, 11) is 0.